The molecular weight excluding hydrogens is 406 g/mol. The molecule has 0 aliphatic rings. The van der Waals surface area contributed by atoms with Gasteiger partial charge in [0.25, 0.3) is 0 Å². The number of rotatable bonds is 6. The van der Waals surface area contributed by atoms with Crippen molar-refractivity contribution in [2.45, 2.75) is 79.1 Å². The molecule has 0 aliphatic heterocycles. The van der Waals surface area contributed by atoms with E-state index >= 15 is 0 Å². The Kier molecular flexibility index (Phi) is 41.9. The second-order valence-electron chi connectivity index (χ2n) is 4.44. The van der Waals surface area contributed by atoms with Crippen molar-refractivity contribution in [2.24, 2.45) is 0 Å². The molecule has 11 heteroatoms. The summed E-state index contributed by atoms with van der Waals surface area (Å²) in [6.45, 7) is 1.32. The Morgan fingerprint density at radius 3 is 0.696 bits per heavy atom. The van der Waals surface area contributed by atoms with E-state index in [-0.39, 0.29) is 40.6 Å². The summed E-state index contributed by atoms with van der Waals surface area (Å²) in [5.41, 5.74) is 0. The summed E-state index contributed by atoms with van der Waals surface area (Å²) >= 11 is 7.21. The minimum absolute atomic E-state index is 0. The van der Waals surface area contributed by atoms with Gasteiger partial charge < -0.3 is 32.2 Å². The third-order valence-corrected chi connectivity index (χ3v) is 1.91. The quantitative estimate of drug-likeness (QED) is 0.210. The monoisotopic (exact) mass is 442 g/mol. The van der Waals surface area contributed by atoms with Crippen LogP contribution in [0.25, 0.3) is 0 Å². The Hall–Kier alpha value is 2.32. The number of hydrogen-bond acceptors (Lipinski definition) is 2. The van der Waals surface area contributed by atoms with Gasteiger partial charge in [-0.1, -0.05) is 79.1 Å². The van der Waals surface area contributed by atoms with Gasteiger partial charge in [-0.15, -0.1) is 0 Å². The molecular formula is C12H36CaO6P2S2. The molecule has 0 saturated carbocycles. The predicted octanol–water partition coefficient (Wildman–Crippen LogP) is 3.39. The van der Waals surface area contributed by atoms with E-state index in [1.807, 2.05) is 0 Å². The van der Waals surface area contributed by atoms with Crippen molar-refractivity contribution >= 4 is 74.8 Å². The molecule has 6 nitrogen and oxygen atoms in total. The van der Waals surface area contributed by atoms with E-state index in [9.17, 15) is 0 Å². The molecule has 0 heterocycles. The van der Waals surface area contributed by atoms with Gasteiger partial charge in [0, 0.05) is 0 Å². The Labute approximate surface area is 184 Å². The van der Waals surface area contributed by atoms with Gasteiger partial charge in [-0.25, -0.2) is 0 Å². The molecule has 144 valence electrons. The first-order valence-electron chi connectivity index (χ1n) is 7.39. The summed E-state index contributed by atoms with van der Waals surface area (Å²) in [5.74, 6) is 0. The van der Waals surface area contributed by atoms with Crippen LogP contribution in [0.4, 0.5) is 0 Å². The van der Waals surface area contributed by atoms with Crippen LogP contribution in [0, 0.1) is 0 Å². The molecule has 0 fully saturated rings. The molecule has 6 N–H and O–H groups in total. The van der Waals surface area contributed by atoms with E-state index in [0.717, 1.165) is 0 Å². The molecule has 0 aliphatic carbocycles. The zero-order valence-corrected chi connectivity index (χ0v) is 20.4. The van der Waals surface area contributed by atoms with Gasteiger partial charge >= 0.3 is 51.2 Å². The van der Waals surface area contributed by atoms with Crippen molar-refractivity contribution in [3.05, 3.63) is 0 Å². The fourth-order valence-corrected chi connectivity index (χ4v) is 1.000. The largest absolute Gasteiger partial charge is 2.00 e. The number of unbranched alkanes of at least 4 members (excludes halogenated alkanes) is 6. The minimum atomic E-state index is -3.81. The van der Waals surface area contributed by atoms with Crippen molar-refractivity contribution in [1.29, 1.82) is 0 Å². The normalized spacial score (nSPS) is 9.83. The molecule has 0 aromatic heterocycles. The first-order chi connectivity index (χ1) is 9.83. The van der Waals surface area contributed by atoms with Crippen LogP contribution in [-0.4, -0.2) is 67.1 Å². The summed E-state index contributed by atoms with van der Waals surface area (Å²) in [4.78, 5) is 45.3. The second kappa shape index (κ2) is 26.5. The summed E-state index contributed by atoms with van der Waals surface area (Å²) in [6, 6.07) is 0. The Morgan fingerprint density at radius 2 is 0.652 bits per heavy atom. The third-order valence-electron chi connectivity index (χ3n) is 1.91. The van der Waals surface area contributed by atoms with Crippen LogP contribution in [-0.2, 0) is 23.6 Å². The molecule has 0 bridgehead atoms. The van der Waals surface area contributed by atoms with Crippen LogP contribution >= 0.6 is 13.4 Å². The van der Waals surface area contributed by atoms with E-state index in [4.69, 9.17) is 29.4 Å². The zero-order valence-electron chi connectivity index (χ0n) is 16.8. The molecule has 0 spiro atoms. The Bertz CT molecular complexity index is 244. The molecule has 0 radical (unpaired) electrons. The van der Waals surface area contributed by atoms with Crippen molar-refractivity contribution < 1.29 is 32.2 Å². The van der Waals surface area contributed by atoms with Gasteiger partial charge in [-0.3, -0.25) is 0 Å². The zero-order chi connectivity index (χ0) is 18.7. The fourth-order valence-electron chi connectivity index (χ4n) is 1.000. The van der Waals surface area contributed by atoms with Crippen molar-refractivity contribution in [3.8, 4) is 0 Å². The van der Waals surface area contributed by atoms with E-state index in [2.05, 4.69) is 51.3 Å². The van der Waals surface area contributed by atoms with Gasteiger partial charge in [0.05, 0.1) is 0 Å². The minimum Gasteiger partial charge on any atom is -1.00 e. The molecule has 0 unspecified atom stereocenters. The van der Waals surface area contributed by atoms with Crippen molar-refractivity contribution in [2.75, 3.05) is 0 Å². The molecule has 0 amide bonds. The third kappa shape index (κ3) is 175. The summed E-state index contributed by atoms with van der Waals surface area (Å²) in [6.07, 6.45) is 11.1. The smallest absolute Gasteiger partial charge is 1.00 e. The molecule has 0 aromatic rings. The van der Waals surface area contributed by atoms with E-state index in [1.54, 1.807) is 0 Å². The van der Waals surface area contributed by atoms with Gasteiger partial charge in [0.1, 0.15) is 0 Å². The van der Waals surface area contributed by atoms with E-state index in [1.165, 1.54) is 51.4 Å². The van der Waals surface area contributed by atoms with Crippen molar-refractivity contribution in [1.82, 2.24) is 0 Å². The Morgan fingerprint density at radius 1 is 0.565 bits per heavy atom. The molecule has 0 aromatic carbocycles. The van der Waals surface area contributed by atoms with Gasteiger partial charge in [0.2, 0.25) is 0 Å². The molecule has 0 saturated heterocycles. The molecule has 0 rings (SSSR count). The van der Waals surface area contributed by atoms with Gasteiger partial charge in [-0.05, 0) is 23.6 Å². The maximum atomic E-state index is 7.56. The van der Waals surface area contributed by atoms with E-state index < -0.39 is 13.4 Å². The first kappa shape index (κ1) is 36.3. The Balaban J connectivity index is -0.0000000333. The van der Waals surface area contributed by atoms with Crippen LogP contribution in [0.1, 0.15) is 81.9 Å². The summed E-state index contributed by atoms with van der Waals surface area (Å²) in [7, 11) is 0. The van der Waals surface area contributed by atoms with Crippen LogP contribution in [0.5, 0.6) is 0 Å². The van der Waals surface area contributed by atoms with Crippen LogP contribution in [0.2, 0.25) is 0 Å². The number of hydrogen-bond donors (Lipinski definition) is 6. The summed E-state index contributed by atoms with van der Waals surface area (Å²) in [5, 5.41) is 0. The first-order valence-corrected chi connectivity index (χ1v) is 12.7. The maximum Gasteiger partial charge on any atom is 2.00 e. The average Bonchev–Trinajstić information content (AvgIpc) is 2.30. The average molecular weight is 443 g/mol. The van der Waals surface area contributed by atoms with E-state index in [0.29, 0.717) is 0 Å². The van der Waals surface area contributed by atoms with Crippen molar-refractivity contribution in [3.63, 3.8) is 0 Å². The fraction of sp³-hybridized carbons (Fsp3) is 1.00. The van der Waals surface area contributed by atoms with Gasteiger partial charge in [-0.2, -0.15) is 0 Å². The SMILES string of the molecule is CCCCCC.CCCCCC.OP(O)(O)=S.OP(O)(O)=S.[Ca+2].[H-].[H-]. The van der Waals surface area contributed by atoms with Crippen LogP contribution in [0.15, 0.2) is 0 Å². The standard InChI is InChI=1S/2C6H14.Ca.2H3O3PS.2H/c2*1-3-5-6-4-2;;2*1-4(2,3)5;;/h2*3-6H2,1-2H3;;2*(H3,1,2,3,5);;/q;;+2;;;2*-1. The molecule has 23 heavy (non-hydrogen) atoms. The molecule has 0 atom stereocenters. The topological polar surface area (TPSA) is 121 Å². The summed E-state index contributed by atoms with van der Waals surface area (Å²) < 4.78 is 0. The van der Waals surface area contributed by atoms with Gasteiger partial charge in [0.15, 0.2) is 0 Å². The second-order valence-corrected chi connectivity index (χ2v) is 9.43. The predicted molar refractivity (Wildman–Crippen MR) is 109 cm³/mol. The van der Waals surface area contributed by atoms with Crippen LogP contribution in [0.3, 0.4) is 0 Å². The maximum absolute atomic E-state index is 7.56. The van der Waals surface area contributed by atoms with Crippen LogP contribution < -0.4 is 0 Å².